The Hall–Kier alpha value is -4.24. The van der Waals surface area contributed by atoms with Crippen molar-refractivity contribution < 1.29 is 28.9 Å². The number of Topliss-reactive ketones (excluding diaryl/α,β-unsaturated/α-hetero) is 1. The van der Waals surface area contributed by atoms with E-state index in [1.807, 2.05) is 0 Å². The summed E-state index contributed by atoms with van der Waals surface area (Å²) in [6, 6.07) is 16.9. The van der Waals surface area contributed by atoms with Crippen LogP contribution in [0.15, 0.2) is 66.2 Å². The third kappa shape index (κ3) is 4.08. The van der Waals surface area contributed by atoms with Gasteiger partial charge in [-0.3, -0.25) is 4.79 Å². The maximum Gasteiger partial charge on any atom is 0.336 e. The normalized spacial score (nSPS) is 13.0. The minimum Gasteiger partial charge on any atom is -0.497 e. The van der Waals surface area contributed by atoms with E-state index in [2.05, 4.69) is 8.75 Å². The lowest BCUT2D eigenvalue weighted by Crippen LogP contribution is -2.14. The molecule has 3 aromatic carbocycles. The second-order valence-electron chi connectivity index (χ2n) is 7.55. The minimum atomic E-state index is -1.21. The summed E-state index contributed by atoms with van der Waals surface area (Å²) in [5, 5.41) is 10.2. The standard InChI is InChI=1S/C25H18N2O6S/c1-31-17-6-3-15(4-7-17)24(28)18(10-14-2-9-21-22(11-14)33-13-32-21)23(25(29)30)16-5-8-19-20(12-16)27-34-26-19/h2-9,11-12H,10,13H2,1H3,(H,29,30)/b23-18+. The number of aromatic nitrogens is 2. The Morgan fingerprint density at radius 1 is 0.941 bits per heavy atom. The van der Waals surface area contributed by atoms with E-state index in [0.29, 0.717) is 39.4 Å². The van der Waals surface area contributed by atoms with Gasteiger partial charge >= 0.3 is 5.97 Å². The van der Waals surface area contributed by atoms with Crippen molar-refractivity contribution in [1.82, 2.24) is 8.75 Å². The second kappa shape index (κ2) is 8.95. The molecule has 1 aromatic heterocycles. The van der Waals surface area contributed by atoms with Crippen LogP contribution in [0.2, 0.25) is 0 Å². The molecule has 0 radical (unpaired) electrons. The van der Waals surface area contributed by atoms with E-state index in [1.54, 1.807) is 60.7 Å². The van der Waals surface area contributed by atoms with Crippen molar-refractivity contribution >= 4 is 40.1 Å². The fourth-order valence-corrected chi connectivity index (χ4v) is 4.34. The lowest BCUT2D eigenvalue weighted by atomic mass is 9.89. The molecule has 1 aliphatic heterocycles. The molecule has 0 saturated heterocycles. The van der Waals surface area contributed by atoms with Gasteiger partial charge < -0.3 is 19.3 Å². The van der Waals surface area contributed by atoms with Crippen molar-refractivity contribution in [3.8, 4) is 17.2 Å². The van der Waals surface area contributed by atoms with Crippen LogP contribution in [0.25, 0.3) is 16.6 Å². The van der Waals surface area contributed by atoms with Gasteiger partial charge in [0.2, 0.25) is 6.79 Å². The molecule has 1 N–H and O–H groups in total. The van der Waals surface area contributed by atoms with E-state index in [4.69, 9.17) is 14.2 Å². The highest BCUT2D eigenvalue weighted by molar-refractivity contribution is 7.00. The average Bonchev–Trinajstić information content (AvgIpc) is 3.51. The van der Waals surface area contributed by atoms with Crippen LogP contribution in [-0.4, -0.2) is 39.5 Å². The number of fused-ring (bicyclic) bond motifs is 2. The highest BCUT2D eigenvalue weighted by Crippen LogP contribution is 2.34. The smallest absolute Gasteiger partial charge is 0.336 e. The lowest BCUT2D eigenvalue weighted by Gasteiger charge is -2.14. The fraction of sp³-hybridized carbons (Fsp3) is 0.120. The minimum absolute atomic E-state index is 0.0798. The molecular formula is C25H18N2O6S. The second-order valence-corrected chi connectivity index (χ2v) is 8.08. The van der Waals surface area contributed by atoms with Gasteiger partial charge in [0.05, 0.1) is 24.4 Å². The number of carboxylic acids is 1. The Balaban J connectivity index is 1.65. The summed E-state index contributed by atoms with van der Waals surface area (Å²) in [5.41, 5.74) is 2.73. The monoisotopic (exact) mass is 474 g/mol. The third-order valence-electron chi connectivity index (χ3n) is 5.50. The van der Waals surface area contributed by atoms with Crippen LogP contribution in [0.4, 0.5) is 0 Å². The van der Waals surface area contributed by atoms with Gasteiger partial charge in [-0.15, -0.1) is 0 Å². The molecule has 2 heterocycles. The molecule has 0 aliphatic carbocycles. The Morgan fingerprint density at radius 2 is 1.68 bits per heavy atom. The summed E-state index contributed by atoms with van der Waals surface area (Å²) in [5.74, 6) is 0.156. The first-order valence-corrected chi connectivity index (χ1v) is 11.0. The SMILES string of the molecule is COc1ccc(C(=O)/C(Cc2ccc3c(c2)OCO3)=C(/C(=O)O)c2ccc3nsnc3c2)cc1. The number of methoxy groups -OCH3 is 1. The number of benzene rings is 3. The summed E-state index contributed by atoms with van der Waals surface area (Å²) in [4.78, 5) is 26.2. The van der Waals surface area contributed by atoms with Gasteiger partial charge in [-0.05, 0) is 59.7 Å². The maximum absolute atomic E-state index is 13.7. The molecule has 0 amide bonds. The molecule has 8 nitrogen and oxygen atoms in total. The summed E-state index contributed by atoms with van der Waals surface area (Å²) in [6.45, 7) is 0.119. The summed E-state index contributed by atoms with van der Waals surface area (Å²) in [6.07, 6.45) is 0.0798. The molecule has 170 valence electrons. The Kier molecular flexibility index (Phi) is 5.69. The van der Waals surface area contributed by atoms with E-state index >= 15 is 0 Å². The van der Waals surface area contributed by atoms with Gasteiger partial charge in [0, 0.05) is 17.6 Å². The van der Waals surface area contributed by atoms with Crippen LogP contribution in [-0.2, 0) is 11.2 Å². The first-order chi connectivity index (χ1) is 16.5. The van der Waals surface area contributed by atoms with Crippen molar-refractivity contribution in [2.75, 3.05) is 13.9 Å². The number of hydrogen-bond donors (Lipinski definition) is 1. The number of carbonyl (C=O) groups is 2. The van der Waals surface area contributed by atoms with Crippen molar-refractivity contribution in [2.45, 2.75) is 6.42 Å². The number of carbonyl (C=O) groups excluding carboxylic acids is 1. The number of nitrogens with zero attached hydrogens (tertiary/aromatic N) is 2. The average molecular weight is 474 g/mol. The van der Waals surface area contributed by atoms with Gasteiger partial charge in [-0.25, -0.2) is 4.79 Å². The highest BCUT2D eigenvalue weighted by atomic mass is 32.1. The van der Waals surface area contributed by atoms with Crippen molar-refractivity contribution in [3.63, 3.8) is 0 Å². The van der Waals surface area contributed by atoms with Crippen LogP contribution in [0, 0.1) is 0 Å². The number of allylic oxidation sites excluding steroid dienone is 1. The molecule has 0 atom stereocenters. The Morgan fingerprint density at radius 3 is 2.44 bits per heavy atom. The Bertz CT molecular complexity index is 1440. The van der Waals surface area contributed by atoms with Crippen LogP contribution in [0.5, 0.6) is 17.2 Å². The molecule has 5 rings (SSSR count). The summed E-state index contributed by atoms with van der Waals surface area (Å²) < 4.78 is 24.4. The van der Waals surface area contributed by atoms with Crippen molar-refractivity contribution in [1.29, 1.82) is 0 Å². The van der Waals surface area contributed by atoms with Crippen LogP contribution < -0.4 is 14.2 Å². The molecule has 0 fully saturated rings. The highest BCUT2D eigenvalue weighted by Gasteiger charge is 2.25. The summed E-state index contributed by atoms with van der Waals surface area (Å²) in [7, 11) is 1.54. The van der Waals surface area contributed by atoms with Crippen LogP contribution >= 0.6 is 11.7 Å². The first-order valence-electron chi connectivity index (χ1n) is 10.3. The number of hydrogen-bond acceptors (Lipinski definition) is 8. The largest absolute Gasteiger partial charge is 0.497 e. The lowest BCUT2D eigenvalue weighted by molar-refractivity contribution is -0.130. The summed E-state index contributed by atoms with van der Waals surface area (Å²) >= 11 is 1.04. The van der Waals surface area contributed by atoms with Gasteiger partial charge in [0.25, 0.3) is 0 Å². The van der Waals surface area contributed by atoms with Gasteiger partial charge in [-0.2, -0.15) is 8.75 Å². The molecule has 4 aromatic rings. The zero-order valence-electron chi connectivity index (χ0n) is 18.0. The topological polar surface area (TPSA) is 108 Å². The van der Waals surface area contributed by atoms with E-state index in [-0.39, 0.29) is 24.4 Å². The zero-order valence-corrected chi connectivity index (χ0v) is 18.8. The molecule has 34 heavy (non-hydrogen) atoms. The van der Waals surface area contributed by atoms with Crippen molar-refractivity contribution in [2.24, 2.45) is 0 Å². The fourth-order valence-electron chi connectivity index (χ4n) is 3.82. The molecule has 0 saturated carbocycles. The molecule has 9 heteroatoms. The van der Waals surface area contributed by atoms with E-state index in [1.165, 1.54) is 7.11 Å². The van der Waals surface area contributed by atoms with Crippen LogP contribution in [0.1, 0.15) is 21.5 Å². The van der Waals surface area contributed by atoms with E-state index < -0.39 is 11.8 Å². The molecular weight excluding hydrogens is 456 g/mol. The van der Waals surface area contributed by atoms with Crippen molar-refractivity contribution in [3.05, 3.63) is 82.9 Å². The number of carboxylic acid groups (broad SMARTS) is 1. The first kappa shape index (κ1) is 21.6. The molecule has 0 unspecified atom stereocenters. The predicted molar refractivity (Wildman–Crippen MR) is 126 cm³/mol. The van der Waals surface area contributed by atoms with E-state index in [0.717, 1.165) is 17.3 Å². The number of ether oxygens (including phenoxy) is 3. The van der Waals surface area contributed by atoms with Gasteiger partial charge in [0.1, 0.15) is 16.8 Å². The molecule has 0 bridgehead atoms. The quantitative estimate of drug-likeness (QED) is 0.310. The number of ketones is 1. The number of aliphatic carboxylic acids is 1. The zero-order chi connectivity index (χ0) is 23.7. The van der Waals surface area contributed by atoms with Gasteiger partial charge in [-0.1, -0.05) is 12.1 Å². The van der Waals surface area contributed by atoms with E-state index in [9.17, 15) is 14.7 Å². The molecule has 1 aliphatic rings. The third-order valence-corrected chi connectivity index (χ3v) is 6.06. The number of rotatable bonds is 7. The maximum atomic E-state index is 13.7. The predicted octanol–water partition coefficient (Wildman–Crippen LogP) is 4.39. The Labute approximate surface area is 198 Å². The van der Waals surface area contributed by atoms with Gasteiger partial charge in [0.15, 0.2) is 17.3 Å². The molecule has 0 spiro atoms. The van der Waals surface area contributed by atoms with Crippen LogP contribution in [0.3, 0.4) is 0 Å².